The minimum atomic E-state index is -4.32. The lowest BCUT2D eigenvalue weighted by Crippen LogP contribution is -2.21. The number of nitrogens with zero attached hydrogens (tertiary/aromatic N) is 2. The van der Waals surface area contributed by atoms with Crippen LogP contribution in [0.3, 0.4) is 0 Å². The molecule has 2 aliphatic carbocycles. The molecule has 2 nitrogen and oxygen atoms in total. The molecule has 0 bridgehead atoms. The predicted molar refractivity (Wildman–Crippen MR) is 61.5 cm³/mol. The largest absolute Gasteiger partial charge is 0.435 e. The molecule has 1 aromatic heterocycles. The molecule has 0 radical (unpaired) electrons. The Morgan fingerprint density at radius 3 is 2.39 bits per heavy atom. The average Bonchev–Trinajstić information content (AvgIpc) is 2.88. The van der Waals surface area contributed by atoms with E-state index < -0.39 is 11.9 Å². The van der Waals surface area contributed by atoms with Gasteiger partial charge in [-0.15, -0.1) is 0 Å². The van der Waals surface area contributed by atoms with Gasteiger partial charge < -0.3 is 0 Å². The Hall–Kier alpha value is -1.00. The number of rotatable bonds is 1. The summed E-state index contributed by atoms with van der Waals surface area (Å²) >= 11 is 0. The molecule has 1 heterocycles. The topological polar surface area (TPSA) is 17.8 Å². The van der Waals surface area contributed by atoms with E-state index in [-0.39, 0.29) is 11.5 Å². The summed E-state index contributed by atoms with van der Waals surface area (Å²) in [6.07, 6.45) is 0.0881. The minimum absolute atomic E-state index is 0.0104. The van der Waals surface area contributed by atoms with Crippen LogP contribution in [0.1, 0.15) is 62.5 Å². The van der Waals surface area contributed by atoms with Gasteiger partial charge in [0.2, 0.25) is 0 Å². The van der Waals surface area contributed by atoms with Crippen LogP contribution in [0.25, 0.3) is 0 Å². The van der Waals surface area contributed by atoms with Crippen molar-refractivity contribution in [3.63, 3.8) is 0 Å². The first-order valence-corrected chi connectivity index (χ1v) is 6.54. The monoisotopic (exact) mass is 258 g/mol. The predicted octanol–water partition coefficient (Wildman–Crippen LogP) is 3.85. The van der Waals surface area contributed by atoms with Crippen molar-refractivity contribution in [1.29, 1.82) is 0 Å². The summed E-state index contributed by atoms with van der Waals surface area (Å²) in [6, 6.07) is -0.0104. The summed E-state index contributed by atoms with van der Waals surface area (Å²) in [5.74, 6) is 0. The van der Waals surface area contributed by atoms with Crippen molar-refractivity contribution in [1.82, 2.24) is 9.78 Å². The van der Waals surface area contributed by atoms with E-state index in [1.165, 1.54) is 0 Å². The van der Waals surface area contributed by atoms with Crippen molar-refractivity contribution in [3.8, 4) is 0 Å². The van der Waals surface area contributed by atoms with Crippen molar-refractivity contribution in [2.75, 3.05) is 0 Å². The quantitative estimate of drug-likeness (QED) is 0.748. The second-order valence-corrected chi connectivity index (χ2v) is 5.84. The normalized spacial score (nSPS) is 21.4. The van der Waals surface area contributed by atoms with Crippen molar-refractivity contribution >= 4 is 0 Å². The molecule has 1 saturated carbocycles. The fourth-order valence-corrected chi connectivity index (χ4v) is 3.26. The molecule has 0 aromatic carbocycles. The molecule has 0 atom stereocenters. The van der Waals surface area contributed by atoms with E-state index in [2.05, 4.69) is 5.10 Å². The SMILES string of the molecule is CC(C)n1nc(C(F)(F)F)c2c1CCCC21CC1. The first kappa shape index (κ1) is 12.1. The van der Waals surface area contributed by atoms with Gasteiger partial charge in [0, 0.05) is 17.3 Å². The lowest BCUT2D eigenvalue weighted by Gasteiger charge is -2.24. The average molecular weight is 258 g/mol. The van der Waals surface area contributed by atoms with Gasteiger partial charge in [-0.2, -0.15) is 18.3 Å². The van der Waals surface area contributed by atoms with Gasteiger partial charge in [-0.05, 0) is 51.4 Å². The van der Waals surface area contributed by atoms with Gasteiger partial charge in [0.05, 0.1) is 0 Å². The van der Waals surface area contributed by atoms with Crippen molar-refractivity contribution < 1.29 is 13.2 Å². The first-order valence-electron chi connectivity index (χ1n) is 6.54. The Balaban J connectivity index is 2.22. The summed E-state index contributed by atoms with van der Waals surface area (Å²) in [5, 5.41) is 3.89. The molecule has 1 fully saturated rings. The van der Waals surface area contributed by atoms with E-state index in [1.54, 1.807) is 4.68 Å². The Morgan fingerprint density at radius 1 is 1.22 bits per heavy atom. The van der Waals surface area contributed by atoms with E-state index in [9.17, 15) is 13.2 Å². The molecule has 1 spiro atoms. The van der Waals surface area contributed by atoms with Gasteiger partial charge in [-0.3, -0.25) is 4.68 Å². The third-order valence-corrected chi connectivity index (χ3v) is 4.22. The van der Waals surface area contributed by atoms with Crippen LogP contribution in [-0.4, -0.2) is 9.78 Å². The van der Waals surface area contributed by atoms with Crippen LogP contribution >= 0.6 is 0 Å². The first-order chi connectivity index (χ1) is 8.35. The van der Waals surface area contributed by atoms with E-state index >= 15 is 0 Å². The molecule has 1 aromatic rings. The van der Waals surface area contributed by atoms with Crippen molar-refractivity contribution in [2.24, 2.45) is 0 Å². The van der Waals surface area contributed by atoms with Crippen LogP contribution < -0.4 is 0 Å². The number of aromatic nitrogens is 2. The standard InChI is InChI=1S/C13H17F3N2/c1-8(2)18-9-4-3-5-12(6-7-12)10(9)11(17-18)13(14,15)16/h8H,3-7H2,1-2H3. The maximum Gasteiger partial charge on any atom is 0.435 e. The summed E-state index contributed by atoms with van der Waals surface area (Å²) in [5.41, 5.74) is 0.547. The molecule has 0 N–H and O–H groups in total. The lowest BCUT2D eigenvalue weighted by atomic mass is 9.82. The molecular formula is C13H17F3N2. The highest BCUT2D eigenvalue weighted by molar-refractivity contribution is 5.43. The van der Waals surface area contributed by atoms with Crippen LogP contribution in [0.5, 0.6) is 0 Å². The molecule has 0 aliphatic heterocycles. The second-order valence-electron chi connectivity index (χ2n) is 5.84. The number of fused-ring (bicyclic) bond motifs is 2. The minimum Gasteiger partial charge on any atom is -0.266 e. The summed E-state index contributed by atoms with van der Waals surface area (Å²) in [4.78, 5) is 0. The Bertz CT molecular complexity index is 481. The lowest BCUT2D eigenvalue weighted by molar-refractivity contribution is -0.142. The zero-order valence-electron chi connectivity index (χ0n) is 10.6. The second kappa shape index (κ2) is 3.52. The Labute approximate surface area is 104 Å². The highest BCUT2D eigenvalue weighted by atomic mass is 19.4. The van der Waals surface area contributed by atoms with Crippen molar-refractivity contribution in [2.45, 2.75) is 63.6 Å². The third kappa shape index (κ3) is 1.59. The Kier molecular flexibility index (Phi) is 2.35. The van der Waals surface area contributed by atoms with Crippen LogP contribution in [0.15, 0.2) is 0 Å². The van der Waals surface area contributed by atoms with Gasteiger partial charge in [0.15, 0.2) is 5.69 Å². The van der Waals surface area contributed by atoms with Gasteiger partial charge in [-0.1, -0.05) is 0 Å². The molecule has 0 saturated heterocycles. The van der Waals surface area contributed by atoms with E-state index in [1.807, 2.05) is 13.8 Å². The number of alkyl halides is 3. The van der Waals surface area contributed by atoms with Gasteiger partial charge in [0.1, 0.15) is 0 Å². The maximum atomic E-state index is 13.1. The van der Waals surface area contributed by atoms with Crippen LogP contribution in [-0.2, 0) is 18.0 Å². The van der Waals surface area contributed by atoms with Crippen LogP contribution in [0.4, 0.5) is 13.2 Å². The van der Waals surface area contributed by atoms with Gasteiger partial charge in [-0.25, -0.2) is 0 Å². The molecule has 100 valence electrons. The highest BCUT2D eigenvalue weighted by Crippen LogP contribution is 2.58. The zero-order valence-corrected chi connectivity index (χ0v) is 10.6. The van der Waals surface area contributed by atoms with Crippen LogP contribution in [0.2, 0.25) is 0 Å². The van der Waals surface area contributed by atoms with E-state index in [0.29, 0.717) is 5.56 Å². The fraction of sp³-hybridized carbons (Fsp3) is 0.769. The zero-order chi connectivity index (χ0) is 13.1. The molecule has 0 unspecified atom stereocenters. The van der Waals surface area contributed by atoms with Crippen molar-refractivity contribution in [3.05, 3.63) is 17.0 Å². The fourth-order valence-electron chi connectivity index (χ4n) is 3.26. The maximum absolute atomic E-state index is 13.1. The molecule has 3 rings (SSSR count). The molecule has 2 aliphatic rings. The number of hydrogen-bond acceptors (Lipinski definition) is 1. The highest BCUT2D eigenvalue weighted by Gasteiger charge is 2.54. The third-order valence-electron chi connectivity index (χ3n) is 4.22. The Morgan fingerprint density at radius 2 is 1.89 bits per heavy atom. The smallest absolute Gasteiger partial charge is 0.266 e. The van der Waals surface area contributed by atoms with Crippen LogP contribution in [0, 0.1) is 0 Å². The van der Waals surface area contributed by atoms with E-state index in [0.717, 1.165) is 37.8 Å². The molecule has 18 heavy (non-hydrogen) atoms. The summed E-state index contributed by atoms with van der Waals surface area (Å²) in [6.45, 7) is 3.78. The molecular weight excluding hydrogens is 241 g/mol. The van der Waals surface area contributed by atoms with Gasteiger partial charge in [0.25, 0.3) is 0 Å². The summed E-state index contributed by atoms with van der Waals surface area (Å²) in [7, 11) is 0. The number of halogens is 3. The number of hydrogen-bond donors (Lipinski definition) is 0. The molecule has 0 amide bonds. The van der Waals surface area contributed by atoms with Gasteiger partial charge >= 0.3 is 6.18 Å². The van der Waals surface area contributed by atoms with E-state index in [4.69, 9.17) is 0 Å². The molecule has 5 heteroatoms. The summed E-state index contributed by atoms with van der Waals surface area (Å²) < 4.78 is 41.0.